The van der Waals surface area contributed by atoms with Crippen LogP contribution in [0.15, 0.2) is 63.8 Å². The third kappa shape index (κ3) is 6.32. The summed E-state index contributed by atoms with van der Waals surface area (Å²) in [6.45, 7) is 3.02. The lowest BCUT2D eigenvalue weighted by atomic mass is 10.1. The van der Waals surface area contributed by atoms with Gasteiger partial charge in [-0.2, -0.15) is 0 Å². The lowest BCUT2D eigenvalue weighted by Gasteiger charge is -2.15. The van der Waals surface area contributed by atoms with Crippen molar-refractivity contribution in [2.24, 2.45) is 4.99 Å². The first-order chi connectivity index (χ1) is 14.8. The Hall–Kier alpha value is -1.45. The van der Waals surface area contributed by atoms with Gasteiger partial charge in [0, 0.05) is 31.6 Å². The van der Waals surface area contributed by atoms with Crippen molar-refractivity contribution in [2.75, 3.05) is 14.1 Å². The van der Waals surface area contributed by atoms with Gasteiger partial charge < -0.3 is 4.57 Å². The minimum absolute atomic E-state index is 0. The number of benzene rings is 2. The first kappa shape index (κ1) is 26.8. The van der Waals surface area contributed by atoms with Gasteiger partial charge in [0.2, 0.25) is 10.0 Å². The van der Waals surface area contributed by atoms with Gasteiger partial charge in [-0.05, 0) is 30.7 Å². The van der Waals surface area contributed by atoms with E-state index < -0.39 is 10.0 Å². The fourth-order valence-electron chi connectivity index (χ4n) is 3.23. The van der Waals surface area contributed by atoms with Crippen LogP contribution in [0.2, 0.25) is 5.02 Å². The summed E-state index contributed by atoms with van der Waals surface area (Å²) in [5.41, 5.74) is 2.65. The van der Waals surface area contributed by atoms with Crippen LogP contribution in [0.5, 0.6) is 0 Å². The minimum atomic E-state index is -3.64. The molecule has 0 aliphatic rings. The van der Waals surface area contributed by atoms with Crippen LogP contribution in [0.3, 0.4) is 0 Å². The number of halogens is 2. The maximum atomic E-state index is 12.7. The molecule has 1 heterocycles. The van der Waals surface area contributed by atoms with E-state index in [2.05, 4.69) is 11.5 Å². The van der Waals surface area contributed by atoms with Gasteiger partial charge in [-0.1, -0.05) is 62.1 Å². The van der Waals surface area contributed by atoms with E-state index in [1.165, 1.54) is 31.2 Å². The molecule has 0 saturated carbocycles. The average molecular weight is 559 g/mol. The summed E-state index contributed by atoms with van der Waals surface area (Å²) in [4.78, 5) is 5.84. The molecule has 5 nitrogen and oxygen atoms in total. The van der Waals surface area contributed by atoms with Crippen LogP contribution >= 0.6 is 39.9 Å². The molecule has 2 aromatic carbocycles. The Morgan fingerprint density at radius 2 is 1.78 bits per heavy atom. The number of unbranched alkanes of at least 4 members (excludes halogenated alkanes) is 3. The molecule has 0 aliphatic heterocycles. The highest BCUT2D eigenvalue weighted by Crippen LogP contribution is 2.30. The molecule has 0 aliphatic carbocycles. The van der Waals surface area contributed by atoms with E-state index in [1.807, 2.05) is 41.8 Å². The fourth-order valence-corrected chi connectivity index (χ4v) is 5.58. The average Bonchev–Trinajstić information content (AvgIpc) is 3.14. The summed E-state index contributed by atoms with van der Waals surface area (Å²) in [5.74, 6) is 0. The van der Waals surface area contributed by atoms with Crippen LogP contribution in [0.4, 0.5) is 5.69 Å². The number of sulfonamides is 1. The summed E-state index contributed by atoms with van der Waals surface area (Å²) < 4.78 is 28.8. The smallest absolute Gasteiger partial charge is 0.244 e. The zero-order valence-corrected chi connectivity index (χ0v) is 22.6. The van der Waals surface area contributed by atoms with Gasteiger partial charge >= 0.3 is 0 Å². The van der Waals surface area contributed by atoms with Crippen LogP contribution in [0.25, 0.3) is 11.3 Å². The molecule has 0 atom stereocenters. The summed E-state index contributed by atoms with van der Waals surface area (Å²) in [6, 6.07) is 15.0. The third-order valence-corrected chi connectivity index (χ3v) is 8.16. The molecule has 9 heteroatoms. The molecule has 0 radical (unpaired) electrons. The highest BCUT2D eigenvalue weighted by molar-refractivity contribution is 8.93. The summed E-state index contributed by atoms with van der Waals surface area (Å²) >= 11 is 7.81. The van der Waals surface area contributed by atoms with Gasteiger partial charge in [0.05, 0.1) is 16.4 Å². The zero-order valence-electron chi connectivity index (χ0n) is 18.5. The molecule has 0 N–H and O–H groups in total. The van der Waals surface area contributed by atoms with Gasteiger partial charge in [-0.25, -0.2) is 17.7 Å². The Labute approximate surface area is 210 Å². The van der Waals surface area contributed by atoms with Crippen molar-refractivity contribution >= 4 is 55.6 Å². The van der Waals surface area contributed by atoms with E-state index in [-0.39, 0.29) is 26.9 Å². The Balaban J connectivity index is 0.00000363. The minimum Gasteiger partial charge on any atom is -0.316 e. The van der Waals surface area contributed by atoms with Crippen LogP contribution < -0.4 is 4.80 Å². The third-order valence-electron chi connectivity index (χ3n) is 5.00. The van der Waals surface area contributed by atoms with Crippen molar-refractivity contribution in [1.29, 1.82) is 0 Å². The number of nitrogens with zero attached hydrogens (tertiary/aromatic N) is 3. The van der Waals surface area contributed by atoms with Gasteiger partial charge in [-0.3, -0.25) is 0 Å². The molecule has 0 amide bonds. The quantitative estimate of drug-likeness (QED) is 0.281. The number of hydrogen-bond donors (Lipinski definition) is 0. The number of para-hydroxylation sites is 1. The van der Waals surface area contributed by atoms with Gasteiger partial charge in [0.1, 0.15) is 4.90 Å². The van der Waals surface area contributed by atoms with E-state index in [9.17, 15) is 8.42 Å². The zero-order chi connectivity index (χ0) is 22.4. The molecule has 3 aromatic rings. The number of aromatic nitrogens is 1. The highest BCUT2D eigenvalue weighted by atomic mass is 79.9. The van der Waals surface area contributed by atoms with E-state index in [0.717, 1.165) is 41.1 Å². The van der Waals surface area contributed by atoms with Crippen molar-refractivity contribution in [1.82, 2.24) is 8.87 Å². The standard InChI is InChI=1S/C23H28ClN3O2S2.BrH/c1-4-5-6-10-15-27-21(17-30-23(27)25-19-11-8-7-9-12-19)18-13-14-20(24)22(16-18)31(28,29)26(2)3;/h7-9,11-14,16-17H,4-6,10,15H2,1-3H3;1H/b25-23+;. The fraction of sp³-hybridized carbons (Fsp3) is 0.348. The van der Waals surface area contributed by atoms with Gasteiger partial charge in [-0.15, -0.1) is 28.3 Å². The molecule has 0 spiro atoms. The molecule has 0 fully saturated rings. The molecular formula is C23H29BrClN3O2S2. The molecule has 0 saturated heterocycles. The SMILES string of the molecule is Br.CCCCCCn1c(-c2ccc(Cl)c(S(=O)(=O)N(C)C)c2)cs/c1=N/c1ccccc1. The second-order valence-corrected chi connectivity index (χ2v) is 10.9. The lowest BCUT2D eigenvalue weighted by Crippen LogP contribution is -2.22. The molecule has 1 aromatic heterocycles. The lowest BCUT2D eigenvalue weighted by molar-refractivity contribution is 0.521. The predicted octanol–water partition coefficient (Wildman–Crippen LogP) is 6.51. The molecule has 174 valence electrons. The Bertz CT molecular complexity index is 1190. The van der Waals surface area contributed by atoms with Crippen molar-refractivity contribution in [3.63, 3.8) is 0 Å². The van der Waals surface area contributed by atoms with Gasteiger partial charge in [0.15, 0.2) is 4.80 Å². The first-order valence-electron chi connectivity index (χ1n) is 10.3. The molecule has 0 unspecified atom stereocenters. The Kier molecular flexibility index (Phi) is 10.2. The predicted molar refractivity (Wildman–Crippen MR) is 140 cm³/mol. The van der Waals surface area contributed by atoms with E-state index in [1.54, 1.807) is 23.5 Å². The maximum absolute atomic E-state index is 12.7. The van der Waals surface area contributed by atoms with Crippen molar-refractivity contribution < 1.29 is 8.42 Å². The topological polar surface area (TPSA) is 54.7 Å². The van der Waals surface area contributed by atoms with Crippen LogP contribution in [0, 0.1) is 0 Å². The summed E-state index contributed by atoms with van der Waals surface area (Å²) in [6.07, 6.45) is 4.54. The highest BCUT2D eigenvalue weighted by Gasteiger charge is 2.22. The van der Waals surface area contributed by atoms with Crippen LogP contribution in [0.1, 0.15) is 32.6 Å². The summed E-state index contributed by atoms with van der Waals surface area (Å²) in [7, 11) is -0.630. The number of hydrogen-bond acceptors (Lipinski definition) is 4. The Morgan fingerprint density at radius 1 is 1.06 bits per heavy atom. The molecule has 0 bridgehead atoms. The van der Waals surface area contributed by atoms with Crippen molar-refractivity contribution in [3.05, 3.63) is 63.7 Å². The Morgan fingerprint density at radius 3 is 2.44 bits per heavy atom. The molecular weight excluding hydrogens is 530 g/mol. The monoisotopic (exact) mass is 557 g/mol. The van der Waals surface area contributed by atoms with Gasteiger partial charge in [0.25, 0.3) is 0 Å². The number of thiazole rings is 1. The van der Waals surface area contributed by atoms with E-state index >= 15 is 0 Å². The summed E-state index contributed by atoms with van der Waals surface area (Å²) in [5, 5.41) is 2.26. The first-order valence-corrected chi connectivity index (χ1v) is 13.0. The molecule has 3 rings (SSSR count). The van der Waals surface area contributed by atoms with Crippen LogP contribution in [-0.4, -0.2) is 31.4 Å². The van der Waals surface area contributed by atoms with Crippen LogP contribution in [-0.2, 0) is 16.6 Å². The molecule has 32 heavy (non-hydrogen) atoms. The van der Waals surface area contributed by atoms with Crippen molar-refractivity contribution in [3.8, 4) is 11.3 Å². The van der Waals surface area contributed by atoms with E-state index in [0.29, 0.717) is 0 Å². The van der Waals surface area contributed by atoms with Crippen molar-refractivity contribution in [2.45, 2.75) is 44.0 Å². The largest absolute Gasteiger partial charge is 0.316 e. The maximum Gasteiger partial charge on any atom is 0.244 e. The second kappa shape index (κ2) is 12.1. The second-order valence-electron chi connectivity index (χ2n) is 7.50. The normalized spacial score (nSPS) is 12.2. The number of rotatable bonds is 9. The van der Waals surface area contributed by atoms with E-state index in [4.69, 9.17) is 16.6 Å².